The summed E-state index contributed by atoms with van der Waals surface area (Å²) in [6.45, 7) is 2.82. The first-order chi connectivity index (χ1) is 17.1. The van der Waals surface area contributed by atoms with Gasteiger partial charge >= 0.3 is 0 Å². The number of carbonyl (C=O) groups is 1. The number of ketones is 1. The Morgan fingerprint density at radius 2 is 1.80 bits per heavy atom. The van der Waals surface area contributed by atoms with Gasteiger partial charge in [-0.05, 0) is 48.7 Å². The summed E-state index contributed by atoms with van der Waals surface area (Å²) in [4.78, 5) is 15.3. The maximum atomic E-state index is 13.6. The van der Waals surface area contributed by atoms with E-state index in [0.29, 0.717) is 11.1 Å². The molecule has 0 saturated heterocycles. The number of aromatic nitrogens is 3. The summed E-state index contributed by atoms with van der Waals surface area (Å²) in [5, 5.41) is 9.66. The van der Waals surface area contributed by atoms with Crippen LogP contribution in [0, 0.1) is 5.82 Å². The van der Waals surface area contributed by atoms with Gasteiger partial charge in [0.15, 0.2) is 16.8 Å². The Bertz CT molecular complexity index is 1340. The van der Waals surface area contributed by atoms with Gasteiger partial charge in [-0.2, -0.15) is 0 Å². The third-order valence-electron chi connectivity index (χ3n) is 6.36. The molecular weight excluding hydrogens is 459 g/mol. The highest BCUT2D eigenvalue weighted by atomic mass is 32.2. The highest BCUT2D eigenvalue weighted by Crippen LogP contribution is 2.25. The van der Waals surface area contributed by atoms with E-state index >= 15 is 0 Å². The molecule has 0 aliphatic carbocycles. The number of carbonyl (C=O) groups excluding carboxylic acids is 1. The van der Waals surface area contributed by atoms with E-state index in [4.69, 9.17) is 0 Å². The lowest BCUT2D eigenvalue weighted by Crippen LogP contribution is -2.31. The summed E-state index contributed by atoms with van der Waals surface area (Å²) in [6.07, 6.45) is 2.01. The van der Waals surface area contributed by atoms with Gasteiger partial charge in [0.05, 0.1) is 0 Å². The maximum Gasteiger partial charge on any atom is 0.193 e. The Labute approximate surface area is 209 Å². The van der Waals surface area contributed by atoms with Gasteiger partial charge in [-0.25, -0.2) is 4.39 Å². The predicted molar refractivity (Wildman–Crippen MR) is 137 cm³/mol. The van der Waals surface area contributed by atoms with E-state index < -0.39 is 5.82 Å². The van der Waals surface area contributed by atoms with Gasteiger partial charge in [-0.1, -0.05) is 66.4 Å². The van der Waals surface area contributed by atoms with Gasteiger partial charge in [0.1, 0.15) is 5.82 Å². The van der Waals surface area contributed by atoms with Crippen molar-refractivity contribution < 1.29 is 9.18 Å². The molecule has 0 amide bonds. The number of rotatable bonds is 8. The van der Waals surface area contributed by atoms with E-state index in [0.717, 1.165) is 54.8 Å². The molecule has 0 spiro atoms. The standard InChI is InChI=1S/C28H27FN4OS/c1-32-27(21-7-3-2-4-8-21)30-31-28(32)35-16-6-14-33-15-13-20-11-12-23(17-24(20)19-33)26(34)22-9-5-10-25(29)18-22/h2-5,7-12,17-18H,6,13-16,19H2,1H3. The molecule has 1 aliphatic rings. The lowest BCUT2D eigenvalue weighted by molar-refractivity contribution is 0.103. The van der Waals surface area contributed by atoms with Crippen molar-refractivity contribution in [3.8, 4) is 11.4 Å². The van der Waals surface area contributed by atoms with Gasteiger partial charge < -0.3 is 4.57 Å². The van der Waals surface area contributed by atoms with Crippen molar-refractivity contribution in [1.29, 1.82) is 0 Å². The SMILES string of the molecule is Cn1c(SCCCN2CCc3ccc(C(=O)c4cccc(F)c4)cc3C2)nnc1-c1ccccc1. The van der Waals surface area contributed by atoms with E-state index in [1.54, 1.807) is 23.9 Å². The van der Waals surface area contributed by atoms with Crippen LogP contribution in [0.25, 0.3) is 11.4 Å². The fraction of sp³-hybridized carbons (Fsp3) is 0.250. The van der Waals surface area contributed by atoms with Crippen LogP contribution in [-0.2, 0) is 20.0 Å². The number of fused-ring (bicyclic) bond motifs is 1. The average molecular weight is 487 g/mol. The first kappa shape index (κ1) is 23.5. The Kier molecular flexibility index (Phi) is 7.06. The molecule has 35 heavy (non-hydrogen) atoms. The molecule has 0 saturated carbocycles. The number of hydrogen-bond donors (Lipinski definition) is 0. The van der Waals surface area contributed by atoms with Gasteiger partial charge in [0.25, 0.3) is 0 Å². The molecule has 5 rings (SSSR count). The molecule has 0 fully saturated rings. The van der Waals surface area contributed by atoms with E-state index in [1.165, 1.54) is 23.3 Å². The topological polar surface area (TPSA) is 51.0 Å². The molecule has 3 aromatic carbocycles. The summed E-state index contributed by atoms with van der Waals surface area (Å²) in [7, 11) is 2.01. The van der Waals surface area contributed by atoms with E-state index in [1.807, 2.05) is 60.1 Å². The molecule has 0 N–H and O–H groups in total. The number of hydrogen-bond acceptors (Lipinski definition) is 5. The summed E-state index contributed by atoms with van der Waals surface area (Å²) >= 11 is 1.73. The summed E-state index contributed by atoms with van der Waals surface area (Å²) in [5.74, 6) is 1.31. The minimum Gasteiger partial charge on any atom is -0.305 e. The molecule has 0 radical (unpaired) electrons. The highest BCUT2D eigenvalue weighted by Gasteiger charge is 2.19. The minimum atomic E-state index is -0.393. The van der Waals surface area contributed by atoms with Gasteiger partial charge in [-0.15, -0.1) is 10.2 Å². The van der Waals surface area contributed by atoms with Crippen LogP contribution >= 0.6 is 11.8 Å². The molecule has 1 aliphatic heterocycles. The molecule has 5 nitrogen and oxygen atoms in total. The van der Waals surface area contributed by atoms with E-state index in [9.17, 15) is 9.18 Å². The summed E-state index contributed by atoms with van der Waals surface area (Å²) in [6, 6.07) is 21.9. The van der Waals surface area contributed by atoms with Crippen molar-refractivity contribution in [3.63, 3.8) is 0 Å². The molecule has 178 valence electrons. The molecule has 0 unspecified atom stereocenters. The monoisotopic (exact) mass is 486 g/mol. The molecule has 2 heterocycles. The number of thioether (sulfide) groups is 1. The smallest absolute Gasteiger partial charge is 0.193 e. The van der Waals surface area contributed by atoms with Crippen molar-refractivity contribution in [3.05, 3.63) is 101 Å². The van der Waals surface area contributed by atoms with Crippen LogP contribution in [0.4, 0.5) is 4.39 Å². The Balaban J connectivity index is 1.16. The molecule has 7 heteroatoms. The normalized spacial score (nSPS) is 13.5. The Morgan fingerprint density at radius 3 is 2.63 bits per heavy atom. The predicted octanol–water partition coefficient (Wildman–Crippen LogP) is 5.39. The quantitative estimate of drug-likeness (QED) is 0.190. The number of benzene rings is 3. The second kappa shape index (κ2) is 10.5. The average Bonchev–Trinajstić information content (AvgIpc) is 3.26. The van der Waals surface area contributed by atoms with Crippen LogP contribution in [0.1, 0.15) is 33.5 Å². The first-order valence-electron chi connectivity index (χ1n) is 11.8. The lowest BCUT2D eigenvalue weighted by atomic mass is 9.94. The molecular formula is C28H27FN4OS. The fourth-order valence-corrected chi connectivity index (χ4v) is 5.31. The van der Waals surface area contributed by atoms with Crippen molar-refractivity contribution in [2.45, 2.75) is 24.5 Å². The van der Waals surface area contributed by atoms with Gasteiger partial charge in [0.2, 0.25) is 0 Å². The van der Waals surface area contributed by atoms with E-state index in [-0.39, 0.29) is 5.78 Å². The zero-order valence-corrected chi connectivity index (χ0v) is 20.5. The second-order valence-electron chi connectivity index (χ2n) is 8.78. The van der Waals surface area contributed by atoms with Gasteiger partial charge in [0, 0.05) is 42.6 Å². The van der Waals surface area contributed by atoms with Crippen LogP contribution in [-0.4, -0.2) is 44.3 Å². The highest BCUT2D eigenvalue weighted by molar-refractivity contribution is 7.99. The van der Waals surface area contributed by atoms with Crippen molar-refractivity contribution in [2.24, 2.45) is 7.05 Å². The minimum absolute atomic E-state index is 0.139. The van der Waals surface area contributed by atoms with Crippen molar-refractivity contribution in [1.82, 2.24) is 19.7 Å². The summed E-state index contributed by atoms with van der Waals surface area (Å²) < 4.78 is 15.6. The Hall–Kier alpha value is -3.29. The molecule has 0 atom stereocenters. The van der Waals surface area contributed by atoms with Crippen LogP contribution in [0.3, 0.4) is 0 Å². The maximum absolute atomic E-state index is 13.6. The number of halogens is 1. The second-order valence-corrected chi connectivity index (χ2v) is 9.84. The lowest BCUT2D eigenvalue weighted by Gasteiger charge is -2.29. The van der Waals surface area contributed by atoms with Gasteiger partial charge in [-0.3, -0.25) is 9.69 Å². The van der Waals surface area contributed by atoms with Crippen LogP contribution in [0.5, 0.6) is 0 Å². The first-order valence-corrected chi connectivity index (χ1v) is 12.8. The zero-order valence-electron chi connectivity index (χ0n) is 19.7. The van der Waals surface area contributed by atoms with Crippen molar-refractivity contribution in [2.75, 3.05) is 18.8 Å². The number of nitrogens with zero attached hydrogens (tertiary/aromatic N) is 4. The van der Waals surface area contributed by atoms with Crippen LogP contribution in [0.2, 0.25) is 0 Å². The van der Waals surface area contributed by atoms with Crippen LogP contribution < -0.4 is 0 Å². The zero-order chi connectivity index (χ0) is 24.2. The third kappa shape index (κ3) is 5.36. The fourth-order valence-electron chi connectivity index (χ4n) is 4.47. The molecule has 1 aromatic heterocycles. The Morgan fingerprint density at radius 1 is 0.971 bits per heavy atom. The molecule has 4 aromatic rings. The molecule has 0 bridgehead atoms. The van der Waals surface area contributed by atoms with Crippen molar-refractivity contribution >= 4 is 17.5 Å². The van der Waals surface area contributed by atoms with Crippen LogP contribution in [0.15, 0.2) is 78.0 Å². The largest absolute Gasteiger partial charge is 0.305 e. The van der Waals surface area contributed by atoms with E-state index in [2.05, 4.69) is 15.1 Å². The third-order valence-corrected chi connectivity index (χ3v) is 7.47. The summed E-state index contributed by atoms with van der Waals surface area (Å²) in [5.41, 5.74) is 4.54.